The van der Waals surface area contributed by atoms with E-state index >= 15 is 0 Å². The van der Waals surface area contributed by atoms with Crippen molar-refractivity contribution in [1.29, 1.82) is 0 Å². The molecule has 0 amide bonds. The molecule has 0 aromatic heterocycles. The molecule has 0 aliphatic carbocycles. The molecule has 0 fully saturated rings. The summed E-state index contributed by atoms with van der Waals surface area (Å²) in [6, 6.07) is 5.22. The Balaban J connectivity index is 3.23. The van der Waals surface area contributed by atoms with Gasteiger partial charge in [-0.3, -0.25) is 4.79 Å². The maximum absolute atomic E-state index is 11.8. The maximum atomic E-state index is 11.8. The summed E-state index contributed by atoms with van der Waals surface area (Å²) in [6.45, 7) is 3.68. The number of nitrogens with two attached hydrogens (primary N) is 1. The molecule has 0 aliphatic rings. The smallest absolute Gasteiger partial charge is 0.171 e. The normalized spacial score (nSPS) is 10.3. The van der Waals surface area contributed by atoms with Crippen molar-refractivity contribution in [3.8, 4) is 5.75 Å². The number of rotatable bonds is 3. The predicted octanol–water partition coefficient (Wildman–Crippen LogP) is 2.12. The van der Waals surface area contributed by atoms with Crippen molar-refractivity contribution in [2.45, 2.75) is 13.8 Å². The van der Waals surface area contributed by atoms with Gasteiger partial charge in [0.15, 0.2) is 5.78 Å². The van der Waals surface area contributed by atoms with E-state index in [2.05, 4.69) is 0 Å². The molecule has 0 bridgehead atoms. The molecule has 1 rings (SSSR count). The number of carbonyl (C=O) groups excluding carboxylic acids is 1. The number of Topliss-reactive ketones (excluding diaryl/α,β-unsaturated/α-hetero) is 1. The Kier molecular flexibility index (Phi) is 3.12. The highest BCUT2D eigenvalue weighted by Crippen LogP contribution is 2.26. The maximum Gasteiger partial charge on any atom is 0.171 e. The molecule has 0 radical (unpaired) electrons. The predicted molar refractivity (Wildman–Crippen MR) is 56.6 cm³/mol. The van der Waals surface area contributed by atoms with Crippen LogP contribution >= 0.6 is 0 Å². The van der Waals surface area contributed by atoms with E-state index in [4.69, 9.17) is 10.5 Å². The Morgan fingerprint density at radius 3 is 2.57 bits per heavy atom. The molecule has 14 heavy (non-hydrogen) atoms. The minimum Gasteiger partial charge on any atom is -0.496 e. The second-order valence-electron chi connectivity index (χ2n) is 3.44. The van der Waals surface area contributed by atoms with Crippen LogP contribution in [0.25, 0.3) is 0 Å². The first-order valence-electron chi connectivity index (χ1n) is 4.54. The third-order valence-corrected chi connectivity index (χ3v) is 2.05. The van der Waals surface area contributed by atoms with Crippen LogP contribution in [0, 0.1) is 5.92 Å². The molecule has 0 saturated carbocycles. The number of ketones is 1. The summed E-state index contributed by atoms with van der Waals surface area (Å²) in [4.78, 5) is 11.8. The number of anilines is 1. The van der Waals surface area contributed by atoms with Gasteiger partial charge in [-0.25, -0.2) is 0 Å². The molecule has 0 atom stereocenters. The Morgan fingerprint density at radius 2 is 2.07 bits per heavy atom. The van der Waals surface area contributed by atoms with Gasteiger partial charge in [-0.15, -0.1) is 0 Å². The van der Waals surface area contributed by atoms with Gasteiger partial charge in [0, 0.05) is 11.6 Å². The van der Waals surface area contributed by atoms with Gasteiger partial charge in [0.25, 0.3) is 0 Å². The van der Waals surface area contributed by atoms with Gasteiger partial charge < -0.3 is 10.5 Å². The third kappa shape index (κ3) is 1.87. The number of methoxy groups -OCH3 is 1. The number of carbonyl (C=O) groups is 1. The summed E-state index contributed by atoms with van der Waals surface area (Å²) >= 11 is 0. The Bertz CT molecular complexity index is 345. The summed E-state index contributed by atoms with van der Waals surface area (Å²) in [5.74, 6) is 0.484. The van der Waals surface area contributed by atoms with Crippen LogP contribution in [-0.4, -0.2) is 12.9 Å². The number of nitrogen functional groups attached to an aromatic ring is 1. The second kappa shape index (κ2) is 4.13. The molecule has 0 aliphatic heterocycles. The van der Waals surface area contributed by atoms with Crippen LogP contribution in [0.15, 0.2) is 18.2 Å². The Labute approximate surface area is 83.9 Å². The van der Waals surface area contributed by atoms with Gasteiger partial charge in [-0.1, -0.05) is 19.9 Å². The van der Waals surface area contributed by atoms with Crippen molar-refractivity contribution in [3.63, 3.8) is 0 Å². The van der Waals surface area contributed by atoms with Crippen LogP contribution in [0.2, 0.25) is 0 Å². The SMILES string of the molecule is COc1cccc(N)c1C(=O)C(C)C. The lowest BCUT2D eigenvalue weighted by Gasteiger charge is -2.11. The molecular formula is C11H15NO2. The summed E-state index contributed by atoms with van der Waals surface area (Å²) < 4.78 is 5.10. The molecule has 2 N–H and O–H groups in total. The van der Waals surface area contributed by atoms with E-state index in [0.29, 0.717) is 17.0 Å². The molecule has 3 nitrogen and oxygen atoms in total. The van der Waals surface area contributed by atoms with Gasteiger partial charge in [-0.2, -0.15) is 0 Å². The first-order chi connectivity index (χ1) is 6.57. The van der Waals surface area contributed by atoms with E-state index in [-0.39, 0.29) is 11.7 Å². The quantitative estimate of drug-likeness (QED) is 0.591. The van der Waals surface area contributed by atoms with Crippen molar-refractivity contribution < 1.29 is 9.53 Å². The van der Waals surface area contributed by atoms with Crippen molar-refractivity contribution in [1.82, 2.24) is 0 Å². The third-order valence-electron chi connectivity index (χ3n) is 2.05. The van der Waals surface area contributed by atoms with E-state index in [9.17, 15) is 4.79 Å². The molecule has 0 unspecified atom stereocenters. The lowest BCUT2D eigenvalue weighted by atomic mass is 9.99. The first-order valence-corrected chi connectivity index (χ1v) is 4.54. The molecule has 0 heterocycles. The van der Waals surface area contributed by atoms with Crippen molar-refractivity contribution in [2.24, 2.45) is 5.92 Å². The van der Waals surface area contributed by atoms with Crippen molar-refractivity contribution in [2.75, 3.05) is 12.8 Å². The number of hydrogen-bond donors (Lipinski definition) is 1. The first kappa shape index (κ1) is 10.6. The fourth-order valence-electron chi connectivity index (χ4n) is 1.27. The number of benzene rings is 1. The molecule has 0 saturated heterocycles. The summed E-state index contributed by atoms with van der Waals surface area (Å²) in [5.41, 5.74) is 6.70. The van der Waals surface area contributed by atoms with Crippen LogP contribution < -0.4 is 10.5 Å². The van der Waals surface area contributed by atoms with Gasteiger partial charge in [0.05, 0.1) is 12.7 Å². The van der Waals surface area contributed by atoms with E-state index in [1.807, 2.05) is 13.8 Å². The topological polar surface area (TPSA) is 52.3 Å². The molecule has 76 valence electrons. The lowest BCUT2D eigenvalue weighted by Crippen LogP contribution is -2.11. The van der Waals surface area contributed by atoms with Gasteiger partial charge in [0.1, 0.15) is 5.75 Å². The largest absolute Gasteiger partial charge is 0.496 e. The number of ether oxygens (including phenoxy) is 1. The minimum atomic E-state index is -0.0754. The second-order valence-corrected chi connectivity index (χ2v) is 3.44. The summed E-state index contributed by atoms with van der Waals surface area (Å²) in [7, 11) is 1.53. The van der Waals surface area contributed by atoms with Crippen LogP contribution in [0.3, 0.4) is 0 Å². The van der Waals surface area contributed by atoms with Crippen LogP contribution in [0.4, 0.5) is 5.69 Å². The van der Waals surface area contributed by atoms with E-state index < -0.39 is 0 Å². The van der Waals surface area contributed by atoms with Crippen molar-refractivity contribution in [3.05, 3.63) is 23.8 Å². The highest BCUT2D eigenvalue weighted by Gasteiger charge is 2.18. The van der Waals surface area contributed by atoms with Crippen LogP contribution in [0.5, 0.6) is 5.75 Å². The Morgan fingerprint density at radius 1 is 1.43 bits per heavy atom. The summed E-state index contributed by atoms with van der Waals surface area (Å²) in [6.07, 6.45) is 0. The minimum absolute atomic E-state index is 0.0138. The Hall–Kier alpha value is -1.51. The molecule has 1 aromatic carbocycles. The van der Waals surface area contributed by atoms with Crippen LogP contribution in [0.1, 0.15) is 24.2 Å². The zero-order chi connectivity index (χ0) is 10.7. The monoisotopic (exact) mass is 193 g/mol. The molecule has 1 aromatic rings. The molecule has 0 spiro atoms. The highest BCUT2D eigenvalue weighted by molar-refractivity contribution is 6.04. The van der Waals surface area contributed by atoms with Gasteiger partial charge in [0.2, 0.25) is 0 Å². The zero-order valence-corrected chi connectivity index (χ0v) is 8.70. The number of hydrogen-bond acceptors (Lipinski definition) is 3. The van der Waals surface area contributed by atoms with E-state index in [1.165, 1.54) is 7.11 Å². The molecule has 3 heteroatoms. The van der Waals surface area contributed by atoms with Crippen molar-refractivity contribution >= 4 is 11.5 Å². The van der Waals surface area contributed by atoms with Crippen LogP contribution in [-0.2, 0) is 0 Å². The zero-order valence-electron chi connectivity index (χ0n) is 8.70. The van der Waals surface area contributed by atoms with Gasteiger partial charge >= 0.3 is 0 Å². The fourth-order valence-corrected chi connectivity index (χ4v) is 1.27. The molecular weight excluding hydrogens is 178 g/mol. The average Bonchev–Trinajstić information content (AvgIpc) is 2.16. The highest BCUT2D eigenvalue weighted by atomic mass is 16.5. The standard InChI is InChI=1S/C11H15NO2/c1-7(2)11(13)10-8(12)5-4-6-9(10)14-3/h4-7H,12H2,1-3H3. The van der Waals surface area contributed by atoms with E-state index in [1.54, 1.807) is 18.2 Å². The lowest BCUT2D eigenvalue weighted by molar-refractivity contribution is 0.0937. The van der Waals surface area contributed by atoms with Gasteiger partial charge in [-0.05, 0) is 12.1 Å². The van der Waals surface area contributed by atoms with E-state index in [0.717, 1.165) is 0 Å². The average molecular weight is 193 g/mol. The summed E-state index contributed by atoms with van der Waals surface area (Å²) in [5, 5.41) is 0. The fraction of sp³-hybridized carbons (Fsp3) is 0.364.